The predicted octanol–water partition coefficient (Wildman–Crippen LogP) is 2.42. The number of benzene rings is 1. The molecular weight excluding hydrogens is 261 g/mol. The molecule has 1 atom stereocenters. The zero-order chi connectivity index (χ0) is 14.6. The van der Waals surface area contributed by atoms with E-state index in [1.165, 1.54) is 13.2 Å². The lowest BCUT2D eigenvalue weighted by atomic mass is 9.82. The van der Waals surface area contributed by atoms with Gasteiger partial charge in [0.15, 0.2) is 0 Å². The molecule has 0 aliphatic carbocycles. The van der Waals surface area contributed by atoms with Crippen LogP contribution in [0.3, 0.4) is 0 Å². The van der Waals surface area contributed by atoms with E-state index in [4.69, 9.17) is 19.9 Å². The van der Waals surface area contributed by atoms with Crippen molar-refractivity contribution >= 4 is 0 Å². The number of halogens is 1. The van der Waals surface area contributed by atoms with Crippen LogP contribution in [0.1, 0.15) is 31.4 Å². The normalized spacial score (nSPS) is 19.6. The van der Waals surface area contributed by atoms with E-state index in [9.17, 15) is 4.39 Å². The molecule has 1 aromatic carbocycles. The van der Waals surface area contributed by atoms with Crippen molar-refractivity contribution < 1.29 is 18.6 Å². The van der Waals surface area contributed by atoms with Crippen molar-refractivity contribution in [2.24, 2.45) is 5.73 Å². The van der Waals surface area contributed by atoms with Crippen LogP contribution in [-0.2, 0) is 9.47 Å². The lowest BCUT2D eigenvalue weighted by molar-refractivity contribution is -0.122. The van der Waals surface area contributed by atoms with Gasteiger partial charge in [0.2, 0.25) is 0 Å². The number of ether oxygens (including phenoxy) is 3. The van der Waals surface area contributed by atoms with Gasteiger partial charge in [-0.25, -0.2) is 4.39 Å². The van der Waals surface area contributed by atoms with E-state index < -0.39 is 11.6 Å². The smallest absolute Gasteiger partial charge is 0.131 e. The van der Waals surface area contributed by atoms with Crippen molar-refractivity contribution in [3.8, 4) is 5.75 Å². The van der Waals surface area contributed by atoms with Crippen molar-refractivity contribution in [1.82, 2.24) is 0 Å². The molecule has 1 heterocycles. The first kappa shape index (κ1) is 15.2. The fourth-order valence-electron chi connectivity index (χ4n) is 2.72. The quantitative estimate of drug-likeness (QED) is 0.901. The van der Waals surface area contributed by atoms with Crippen molar-refractivity contribution in [2.75, 3.05) is 26.9 Å². The van der Waals surface area contributed by atoms with Crippen LogP contribution in [0.15, 0.2) is 18.2 Å². The van der Waals surface area contributed by atoms with Crippen molar-refractivity contribution in [1.29, 1.82) is 0 Å². The van der Waals surface area contributed by atoms with Gasteiger partial charge in [0.1, 0.15) is 11.6 Å². The third-order valence-electron chi connectivity index (χ3n) is 3.88. The van der Waals surface area contributed by atoms with Gasteiger partial charge in [0.25, 0.3) is 0 Å². The molecule has 0 bridgehead atoms. The minimum atomic E-state index is -0.553. The Balaban J connectivity index is 2.29. The van der Waals surface area contributed by atoms with Gasteiger partial charge in [-0.1, -0.05) is 6.07 Å². The fraction of sp³-hybridized carbons (Fsp3) is 0.600. The fourth-order valence-corrected chi connectivity index (χ4v) is 2.72. The average molecular weight is 283 g/mol. The van der Waals surface area contributed by atoms with Crippen LogP contribution in [-0.4, -0.2) is 32.5 Å². The summed E-state index contributed by atoms with van der Waals surface area (Å²) in [6, 6.07) is 4.23. The average Bonchev–Trinajstić information content (AvgIpc) is 2.47. The molecule has 1 fully saturated rings. The standard InChI is InChI=1S/C15H22FNO3/c1-3-20-15(6-8-19-9-7-15)14(17)12-5-4-11(18-2)10-13(12)16/h4-5,10,14H,3,6-9,17H2,1-2H3. The lowest BCUT2D eigenvalue weighted by Crippen LogP contribution is -2.48. The Morgan fingerprint density at radius 3 is 2.65 bits per heavy atom. The first-order valence-electron chi connectivity index (χ1n) is 6.93. The molecule has 2 rings (SSSR count). The lowest BCUT2D eigenvalue weighted by Gasteiger charge is -2.41. The van der Waals surface area contributed by atoms with Gasteiger partial charge in [0, 0.05) is 44.3 Å². The third-order valence-corrected chi connectivity index (χ3v) is 3.88. The number of methoxy groups -OCH3 is 1. The molecule has 1 aliphatic rings. The summed E-state index contributed by atoms with van der Waals surface area (Å²) in [5.74, 6) is 0.123. The molecule has 112 valence electrons. The molecule has 1 aliphatic heterocycles. The SMILES string of the molecule is CCOC1(C(N)c2ccc(OC)cc2F)CCOCC1. The van der Waals surface area contributed by atoms with Gasteiger partial charge >= 0.3 is 0 Å². The summed E-state index contributed by atoms with van der Waals surface area (Å²) in [5.41, 5.74) is 6.23. The second kappa shape index (κ2) is 6.52. The summed E-state index contributed by atoms with van der Waals surface area (Å²) in [7, 11) is 1.51. The van der Waals surface area contributed by atoms with Crippen LogP contribution >= 0.6 is 0 Å². The number of hydrogen-bond acceptors (Lipinski definition) is 4. The van der Waals surface area contributed by atoms with Crippen molar-refractivity contribution in [2.45, 2.75) is 31.4 Å². The first-order valence-corrected chi connectivity index (χ1v) is 6.93. The molecule has 1 saturated heterocycles. The summed E-state index contributed by atoms with van der Waals surface area (Å²) < 4.78 is 30.5. The maximum absolute atomic E-state index is 14.2. The zero-order valence-electron chi connectivity index (χ0n) is 12.0. The predicted molar refractivity (Wildman–Crippen MR) is 74.3 cm³/mol. The molecule has 0 amide bonds. The van der Waals surface area contributed by atoms with Gasteiger partial charge in [-0.05, 0) is 13.0 Å². The Bertz CT molecular complexity index is 441. The molecule has 20 heavy (non-hydrogen) atoms. The van der Waals surface area contributed by atoms with Crippen molar-refractivity contribution in [3.63, 3.8) is 0 Å². The molecule has 4 nitrogen and oxygen atoms in total. The first-order chi connectivity index (χ1) is 9.63. The minimum Gasteiger partial charge on any atom is -0.497 e. The summed E-state index contributed by atoms with van der Waals surface area (Å²) in [4.78, 5) is 0. The molecule has 0 spiro atoms. The number of hydrogen-bond donors (Lipinski definition) is 1. The zero-order valence-corrected chi connectivity index (χ0v) is 12.0. The van der Waals surface area contributed by atoms with E-state index in [-0.39, 0.29) is 5.82 Å². The Kier molecular flexibility index (Phi) is 4.96. The summed E-state index contributed by atoms with van der Waals surface area (Å²) >= 11 is 0. The molecule has 0 saturated carbocycles. The molecule has 5 heteroatoms. The largest absolute Gasteiger partial charge is 0.497 e. The molecule has 2 N–H and O–H groups in total. The van der Waals surface area contributed by atoms with Gasteiger partial charge in [0.05, 0.1) is 18.8 Å². The van der Waals surface area contributed by atoms with Crippen LogP contribution in [0.5, 0.6) is 5.75 Å². The van der Waals surface area contributed by atoms with Gasteiger partial charge in [-0.2, -0.15) is 0 Å². The topological polar surface area (TPSA) is 53.7 Å². The van der Waals surface area contributed by atoms with Crippen LogP contribution < -0.4 is 10.5 Å². The number of nitrogens with two attached hydrogens (primary N) is 1. The molecule has 0 radical (unpaired) electrons. The third kappa shape index (κ3) is 2.95. The monoisotopic (exact) mass is 283 g/mol. The second-order valence-corrected chi connectivity index (χ2v) is 4.98. The van der Waals surface area contributed by atoms with Gasteiger partial charge < -0.3 is 19.9 Å². The van der Waals surface area contributed by atoms with E-state index in [0.717, 1.165) is 0 Å². The van der Waals surface area contributed by atoms with Crippen molar-refractivity contribution in [3.05, 3.63) is 29.6 Å². The van der Waals surface area contributed by atoms with E-state index in [2.05, 4.69) is 0 Å². The van der Waals surface area contributed by atoms with E-state index in [1.54, 1.807) is 12.1 Å². The summed E-state index contributed by atoms with van der Waals surface area (Å²) in [6.45, 7) is 3.65. The Morgan fingerprint density at radius 1 is 1.40 bits per heavy atom. The van der Waals surface area contributed by atoms with E-state index >= 15 is 0 Å². The highest BCUT2D eigenvalue weighted by molar-refractivity contribution is 5.32. The Hall–Kier alpha value is -1.17. The number of rotatable bonds is 5. The second-order valence-electron chi connectivity index (χ2n) is 4.98. The van der Waals surface area contributed by atoms with Gasteiger partial charge in [-0.3, -0.25) is 0 Å². The van der Waals surface area contributed by atoms with Crippen LogP contribution in [0, 0.1) is 5.82 Å². The van der Waals surface area contributed by atoms with E-state index in [1.807, 2.05) is 6.92 Å². The molecule has 0 aromatic heterocycles. The molecular formula is C15H22FNO3. The Morgan fingerprint density at radius 2 is 2.10 bits per heavy atom. The van der Waals surface area contributed by atoms with Crippen LogP contribution in [0.25, 0.3) is 0 Å². The summed E-state index contributed by atoms with van der Waals surface area (Å²) in [6.07, 6.45) is 1.35. The summed E-state index contributed by atoms with van der Waals surface area (Å²) in [5, 5.41) is 0. The highest BCUT2D eigenvalue weighted by Gasteiger charge is 2.41. The highest BCUT2D eigenvalue weighted by atomic mass is 19.1. The maximum atomic E-state index is 14.2. The maximum Gasteiger partial charge on any atom is 0.131 e. The van der Waals surface area contributed by atoms with E-state index in [0.29, 0.717) is 44.0 Å². The van der Waals surface area contributed by atoms with Crippen LogP contribution in [0.2, 0.25) is 0 Å². The molecule has 1 aromatic rings. The minimum absolute atomic E-state index is 0.359. The van der Waals surface area contributed by atoms with Gasteiger partial charge in [-0.15, -0.1) is 0 Å². The van der Waals surface area contributed by atoms with Crippen LogP contribution in [0.4, 0.5) is 4.39 Å². The Labute approximate surface area is 119 Å². The molecule has 1 unspecified atom stereocenters. The highest BCUT2D eigenvalue weighted by Crippen LogP contribution is 2.37.